The molecule has 0 aliphatic heterocycles. The number of phenols is 1. The number of hydrogen-bond donors (Lipinski definition) is 1. The Hall–Kier alpha value is -2.36. The Morgan fingerprint density at radius 3 is 2.71 bits per heavy atom. The van der Waals surface area contributed by atoms with Crippen LogP contribution in [0.1, 0.15) is 0 Å². The topological polar surface area (TPSA) is 55.1 Å². The molecule has 0 radical (unpaired) electrons. The summed E-state index contributed by atoms with van der Waals surface area (Å²) in [6, 6.07) is 16.6. The third kappa shape index (κ3) is 1.90. The summed E-state index contributed by atoms with van der Waals surface area (Å²) in [4.78, 5) is 16.9. The fourth-order valence-corrected chi connectivity index (χ4v) is 4.38. The maximum absolute atomic E-state index is 12.5. The molecular formula is C16H10N2O2Se. The van der Waals surface area contributed by atoms with Gasteiger partial charge in [0.05, 0.1) is 0 Å². The second kappa shape index (κ2) is 4.58. The summed E-state index contributed by atoms with van der Waals surface area (Å²) in [7, 11) is 0. The molecule has 0 saturated carbocycles. The minimum atomic E-state index is -0.112. The maximum atomic E-state index is 12.5. The van der Waals surface area contributed by atoms with E-state index in [1.807, 2.05) is 42.5 Å². The summed E-state index contributed by atoms with van der Waals surface area (Å²) in [6.45, 7) is 0. The average molecular weight is 341 g/mol. The van der Waals surface area contributed by atoms with Gasteiger partial charge >= 0.3 is 125 Å². The molecule has 1 N–H and O–H groups in total. The van der Waals surface area contributed by atoms with E-state index in [0.29, 0.717) is 11.3 Å². The van der Waals surface area contributed by atoms with Crippen LogP contribution in [0.15, 0.2) is 59.4 Å². The molecule has 0 amide bonds. The molecule has 0 unspecified atom stereocenters. The van der Waals surface area contributed by atoms with Crippen molar-refractivity contribution in [3.63, 3.8) is 0 Å². The number of rotatable bonds is 1. The second-order valence-corrected chi connectivity index (χ2v) is 6.78. The van der Waals surface area contributed by atoms with E-state index in [-0.39, 0.29) is 26.0 Å². The Labute approximate surface area is 125 Å². The molecule has 4 rings (SSSR count). The van der Waals surface area contributed by atoms with Gasteiger partial charge in [-0.2, -0.15) is 0 Å². The van der Waals surface area contributed by atoms with Gasteiger partial charge in [-0.05, 0) is 0 Å². The zero-order valence-electron chi connectivity index (χ0n) is 10.9. The van der Waals surface area contributed by atoms with Crippen LogP contribution in [0.4, 0.5) is 0 Å². The Morgan fingerprint density at radius 1 is 1.00 bits per heavy atom. The number of phenolic OH excluding ortho intramolecular Hbond substituents is 1. The molecule has 2 aromatic heterocycles. The van der Waals surface area contributed by atoms with Crippen molar-refractivity contribution in [2.45, 2.75) is 0 Å². The van der Waals surface area contributed by atoms with Crippen LogP contribution in [-0.4, -0.2) is 28.4 Å². The zero-order chi connectivity index (χ0) is 14.4. The number of fused-ring (bicyclic) bond motifs is 2. The summed E-state index contributed by atoms with van der Waals surface area (Å²) in [5, 5.41) is 11.5. The van der Waals surface area contributed by atoms with Crippen LogP contribution in [0.3, 0.4) is 0 Å². The van der Waals surface area contributed by atoms with Crippen LogP contribution < -0.4 is 5.56 Å². The molecule has 0 spiro atoms. The van der Waals surface area contributed by atoms with Crippen molar-refractivity contribution in [1.29, 1.82) is 0 Å². The van der Waals surface area contributed by atoms with Crippen LogP contribution in [0.25, 0.3) is 26.4 Å². The Kier molecular flexibility index (Phi) is 2.70. The first-order chi connectivity index (χ1) is 10.2. The molecule has 102 valence electrons. The van der Waals surface area contributed by atoms with Crippen molar-refractivity contribution in [1.82, 2.24) is 8.55 Å². The van der Waals surface area contributed by atoms with Crippen LogP contribution in [0.2, 0.25) is 0 Å². The first-order valence-electron chi connectivity index (χ1n) is 6.44. The predicted octanol–water partition coefficient (Wildman–Crippen LogP) is 2.30. The summed E-state index contributed by atoms with van der Waals surface area (Å²) >= 11 is -0.112. The fourth-order valence-electron chi connectivity index (χ4n) is 2.36. The number of para-hydroxylation sites is 1. The van der Waals surface area contributed by atoms with E-state index in [0.717, 1.165) is 15.0 Å². The zero-order valence-corrected chi connectivity index (χ0v) is 12.6. The quantitative estimate of drug-likeness (QED) is 0.541. The van der Waals surface area contributed by atoms with E-state index in [9.17, 15) is 9.90 Å². The molecule has 0 atom stereocenters. The molecule has 4 aromatic rings. The number of aromatic hydroxyl groups is 1. The molecule has 0 aliphatic rings. The van der Waals surface area contributed by atoms with Gasteiger partial charge in [0.25, 0.3) is 0 Å². The third-order valence-electron chi connectivity index (χ3n) is 3.38. The molecule has 2 aromatic carbocycles. The molecule has 0 saturated heterocycles. The van der Waals surface area contributed by atoms with Gasteiger partial charge in [-0.25, -0.2) is 0 Å². The molecule has 5 heteroatoms. The Morgan fingerprint density at radius 2 is 1.86 bits per heavy atom. The Bertz CT molecular complexity index is 1030. The second-order valence-electron chi connectivity index (χ2n) is 4.71. The first kappa shape index (κ1) is 12.4. The monoisotopic (exact) mass is 342 g/mol. The van der Waals surface area contributed by atoms with Crippen molar-refractivity contribution < 1.29 is 5.11 Å². The van der Waals surface area contributed by atoms with E-state index in [1.54, 1.807) is 15.7 Å². The molecule has 21 heavy (non-hydrogen) atoms. The number of benzene rings is 2. The van der Waals surface area contributed by atoms with Crippen LogP contribution in [0.5, 0.6) is 5.75 Å². The molecule has 0 fully saturated rings. The molecule has 0 bridgehead atoms. The van der Waals surface area contributed by atoms with Crippen molar-refractivity contribution in [3.05, 3.63) is 65.0 Å². The van der Waals surface area contributed by atoms with Gasteiger partial charge in [0.2, 0.25) is 0 Å². The van der Waals surface area contributed by atoms with Crippen molar-refractivity contribution in [2.24, 2.45) is 0 Å². The van der Waals surface area contributed by atoms with Crippen LogP contribution in [0, 0.1) is 0 Å². The minimum absolute atomic E-state index is 0.0205. The van der Waals surface area contributed by atoms with E-state index < -0.39 is 0 Å². The van der Waals surface area contributed by atoms with Gasteiger partial charge in [0, 0.05) is 0 Å². The van der Waals surface area contributed by atoms with Gasteiger partial charge < -0.3 is 0 Å². The molecule has 2 heterocycles. The van der Waals surface area contributed by atoms with Gasteiger partial charge in [0.15, 0.2) is 0 Å². The van der Waals surface area contributed by atoms with Gasteiger partial charge in [-0.3, -0.25) is 0 Å². The van der Waals surface area contributed by atoms with Crippen molar-refractivity contribution >= 4 is 35.3 Å². The fraction of sp³-hybridized carbons (Fsp3) is 0. The van der Waals surface area contributed by atoms with Gasteiger partial charge in [-0.15, -0.1) is 0 Å². The molecular weight excluding hydrogens is 331 g/mol. The van der Waals surface area contributed by atoms with E-state index in [1.165, 1.54) is 0 Å². The number of hydrogen-bond acceptors (Lipinski definition) is 3. The summed E-state index contributed by atoms with van der Waals surface area (Å²) in [6.07, 6.45) is 0. The SMILES string of the molecule is O=c1c2ccccc2[se]n1-c1ccc2cccc(O)c2n1. The van der Waals surface area contributed by atoms with E-state index in [2.05, 4.69) is 4.98 Å². The Balaban J connectivity index is 2.02. The summed E-state index contributed by atoms with van der Waals surface area (Å²) in [5.41, 5.74) is 0.502. The summed E-state index contributed by atoms with van der Waals surface area (Å²) in [5.74, 6) is 0.719. The van der Waals surface area contributed by atoms with Crippen molar-refractivity contribution in [2.75, 3.05) is 0 Å². The number of nitrogens with zero attached hydrogens (tertiary/aromatic N) is 2. The number of aromatic nitrogens is 2. The first-order valence-corrected chi connectivity index (χ1v) is 8.06. The molecule has 0 aliphatic carbocycles. The number of pyridine rings is 1. The van der Waals surface area contributed by atoms with Crippen LogP contribution in [-0.2, 0) is 0 Å². The van der Waals surface area contributed by atoms with Gasteiger partial charge in [-0.1, -0.05) is 0 Å². The normalized spacial score (nSPS) is 11.2. The van der Waals surface area contributed by atoms with Crippen molar-refractivity contribution in [3.8, 4) is 11.6 Å². The predicted molar refractivity (Wildman–Crippen MR) is 83.5 cm³/mol. The standard InChI is InChI=1S/C16H10N2O2Se/c19-12-6-3-4-10-8-9-14(17-15(10)12)18-16(20)11-5-1-2-7-13(11)21-18/h1-9,19H. The molecule has 4 nitrogen and oxygen atoms in total. The third-order valence-corrected chi connectivity index (χ3v) is 5.67. The van der Waals surface area contributed by atoms with E-state index >= 15 is 0 Å². The van der Waals surface area contributed by atoms with Gasteiger partial charge in [0.1, 0.15) is 0 Å². The van der Waals surface area contributed by atoms with Crippen LogP contribution >= 0.6 is 0 Å². The van der Waals surface area contributed by atoms with E-state index in [4.69, 9.17) is 0 Å². The summed E-state index contributed by atoms with van der Waals surface area (Å²) < 4.78 is 2.76. The average Bonchev–Trinajstić information content (AvgIpc) is 2.85.